The molecule has 2 aromatic rings. The lowest BCUT2D eigenvalue weighted by atomic mass is 10.0. The van der Waals surface area contributed by atoms with Crippen molar-refractivity contribution in [3.63, 3.8) is 0 Å². The van der Waals surface area contributed by atoms with E-state index >= 15 is 0 Å². The maximum atomic E-state index is 12.7. The number of aryl methyl sites for hydroxylation is 2. The smallest absolute Gasteiger partial charge is 0.255 e. The maximum Gasteiger partial charge on any atom is 0.255 e. The van der Waals surface area contributed by atoms with Gasteiger partial charge in [0.1, 0.15) is 12.4 Å². The first-order valence-electron chi connectivity index (χ1n) is 9.47. The van der Waals surface area contributed by atoms with E-state index in [1.165, 1.54) is 0 Å². The minimum atomic E-state index is -0.0914. The second-order valence-corrected chi connectivity index (χ2v) is 6.58. The van der Waals surface area contributed by atoms with Crippen LogP contribution in [0.4, 0.5) is 5.69 Å². The molecule has 2 aromatic carbocycles. The van der Waals surface area contributed by atoms with Gasteiger partial charge < -0.3 is 14.8 Å². The molecule has 138 valence electrons. The molecule has 0 spiro atoms. The van der Waals surface area contributed by atoms with E-state index in [9.17, 15) is 4.79 Å². The van der Waals surface area contributed by atoms with Crippen molar-refractivity contribution in [2.24, 2.45) is 0 Å². The first-order valence-corrected chi connectivity index (χ1v) is 9.47. The Morgan fingerprint density at radius 2 is 1.81 bits per heavy atom. The molecule has 1 fully saturated rings. The standard InChI is InChI=1S/C22H27NO3/c1-3-16-7-5-8-17(4-2)21(16)23-22(24)18-10-12-19(13-11-18)26-15-20-9-6-14-25-20/h5,7-8,10-13,20H,3-4,6,9,14-15H2,1-2H3,(H,23,24). The number of para-hydroxylation sites is 1. The minimum Gasteiger partial charge on any atom is -0.491 e. The number of hydrogen-bond acceptors (Lipinski definition) is 3. The van der Waals surface area contributed by atoms with Gasteiger partial charge in [-0.15, -0.1) is 0 Å². The van der Waals surface area contributed by atoms with Gasteiger partial charge in [0.05, 0.1) is 6.10 Å². The van der Waals surface area contributed by atoms with Gasteiger partial charge in [-0.2, -0.15) is 0 Å². The van der Waals surface area contributed by atoms with E-state index in [1.54, 1.807) is 12.1 Å². The third kappa shape index (κ3) is 4.44. The van der Waals surface area contributed by atoms with E-state index in [1.807, 2.05) is 18.2 Å². The summed E-state index contributed by atoms with van der Waals surface area (Å²) in [6.07, 6.45) is 4.12. The molecule has 0 aliphatic carbocycles. The maximum absolute atomic E-state index is 12.7. The minimum absolute atomic E-state index is 0.0914. The number of benzene rings is 2. The van der Waals surface area contributed by atoms with E-state index < -0.39 is 0 Å². The molecule has 4 heteroatoms. The fourth-order valence-corrected chi connectivity index (χ4v) is 3.26. The van der Waals surface area contributed by atoms with Crippen molar-refractivity contribution in [3.05, 3.63) is 59.2 Å². The highest BCUT2D eigenvalue weighted by atomic mass is 16.5. The molecule has 1 heterocycles. The summed E-state index contributed by atoms with van der Waals surface area (Å²) in [5.74, 6) is 0.673. The summed E-state index contributed by atoms with van der Waals surface area (Å²) in [6.45, 7) is 5.59. The molecule has 4 nitrogen and oxygen atoms in total. The van der Waals surface area contributed by atoms with E-state index in [0.717, 1.165) is 54.9 Å². The summed E-state index contributed by atoms with van der Waals surface area (Å²) >= 11 is 0. The third-order valence-electron chi connectivity index (χ3n) is 4.81. The predicted molar refractivity (Wildman–Crippen MR) is 104 cm³/mol. The van der Waals surface area contributed by atoms with Gasteiger partial charge in [-0.3, -0.25) is 4.79 Å². The Labute approximate surface area is 155 Å². The van der Waals surface area contributed by atoms with E-state index in [-0.39, 0.29) is 12.0 Å². The monoisotopic (exact) mass is 353 g/mol. The molecule has 26 heavy (non-hydrogen) atoms. The van der Waals surface area contributed by atoms with E-state index in [4.69, 9.17) is 9.47 Å². The first kappa shape index (κ1) is 18.5. The van der Waals surface area contributed by atoms with Gasteiger partial charge in [0.25, 0.3) is 5.91 Å². The Hall–Kier alpha value is -2.33. The lowest BCUT2D eigenvalue weighted by Gasteiger charge is -2.15. The normalized spacial score (nSPS) is 16.5. The summed E-state index contributed by atoms with van der Waals surface area (Å²) in [4.78, 5) is 12.7. The highest BCUT2D eigenvalue weighted by Gasteiger charge is 2.16. The fraction of sp³-hybridized carbons (Fsp3) is 0.409. The molecule has 1 unspecified atom stereocenters. The van der Waals surface area contributed by atoms with Crippen LogP contribution in [0.3, 0.4) is 0 Å². The number of carbonyl (C=O) groups excluding carboxylic acids is 1. The Bertz CT molecular complexity index is 711. The van der Waals surface area contributed by atoms with Gasteiger partial charge in [0.15, 0.2) is 0 Å². The van der Waals surface area contributed by atoms with Crippen molar-refractivity contribution >= 4 is 11.6 Å². The number of carbonyl (C=O) groups is 1. The average Bonchev–Trinajstić information content (AvgIpc) is 3.20. The van der Waals surface area contributed by atoms with Crippen LogP contribution in [0, 0.1) is 0 Å². The molecule has 1 saturated heterocycles. The van der Waals surface area contributed by atoms with Crippen LogP contribution in [-0.4, -0.2) is 25.2 Å². The number of anilines is 1. The largest absolute Gasteiger partial charge is 0.491 e. The van der Waals surface area contributed by atoms with Crippen LogP contribution in [0.1, 0.15) is 48.2 Å². The van der Waals surface area contributed by atoms with Gasteiger partial charge in [0.2, 0.25) is 0 Å². The highest BCUT2D eigenvalue weighted by molar-refractivity contribution is 6.05. The average molecular weight is 353 g/mol. The van der Waals surface area contributed by atoms with Gasteiger partial charge in [0, 0.05) is 17.9 Å². The number of rotatable bonds is 7. The van der Waals surface area contributed by atoms with Crippen LogP contribution in [0.5, 0.6) is 5.75 Å². The predicted octanol–water partition coefficient (Wildman–Crippen LogP) is 4.62. The molecule has 3 rings (SSSR count). The molecule has 0 radical (unpaired) electrons. The van der Waals surface area contributed by atoms with Crippen LogP contribution >= 0.6 is 0 Å². The van der Waals surface area contributed by atoms with Crippen molar-refractivity contribution in [2.45, 2.75) is 45.6 Å². The molecule has 1 aliphatic heterocycles. The van der Waals surface area contributed by atoms with E-state index in [0.29, 0.717) is 12.2 Å². The molecule has 1 N–H and O–H groups in total. The topological polar surface area (TPSA) is 47.6 Å². The SMILES string of the molecule is CCc1cccc(CC)c1NC(=O)c1ccc(OCC2CCCO2)cc1. The molecular formula is C22H27NO3. The summed E-state index contributed by atoms with van der Waals surface area (Å²) in [6, 6.07) is 13.5. The zero-order valence-electron chi connectivity index (χ0n) is 15.6. The molecule has 0 bridgehead atoms. The molecular weight excluding hydrogens is 326 g/mol. The summed E-state index contributed by atoms with van der Waals surface area (Å²) < 4.78 is 11.3. The number of hydrogen-bond donors (Lipinski definition) is 1. The van der Waals surface area contributed by atoms with Crippen LogP contribution in [-0.2, 0) is 17.6 Å². The van der Waals surface area contributed by atoms with Gasteiger partial charge in [-0.25, -0.2) is 0 Å². The Morgan fingerprint density at radius 3 is 2.38 bits per heavy atom. The van der Waals surface area contributed by atoms with Crippen molar-refractivity contribution in [2.75, 3.05) is 18.5 Å². The lowest BCUT2D eigenvalue weighted by Crippen LogP contribution is -2.17. The quantitative estimate of drug-likeness (QED) is 0.790. The zero-order valence-corrected chi connectivity index (χ0v) is 15.6. The van der Waals surface area contributed by atoms with Crippen LogP contribution in [0.15, 0.2) is 42.5 Å². The van der Waals surface area contributed by atoms with Crippen LogP contribution in [0.25, 0.3) is 0 Å². The number of ether oxygens (including phenoxy) is 2. The number of amides is 1. The Balaban J connectivity index is 1.65. The third-order valence-corrected chi connectivity index (χ3v) is 4.81. The Morgan fingerprint density at radius 1 is 1.12 bits per heavy atom. The summed E-state index contributed by atoms with van der Waals surface area (Å²) in [5, 5.41) is 3.09. The van der Waals surface area contributed by atoms with Crippen molar-refractivity contribution in [1.29, 1.82) is 0 Å². The van der Waals surface area contributed by atoms with Crippen LogP contribution in [0.2, 0.25) is 0 Å². The second kappa shape index (κ2) is 8.86. The molecule has 0 aromatic heterocycles. The van der Waals surface area contributed by atoms with Crippen molar-refractivity contribution in [3.8, 4) is 5.75 Å². The lowest BCUT2D eigenvalue weighted by molar-refractivity contribution is 0.0679. The van der Waals surface area contributed by atoms with Crippen LogP contribution < -0.4 is 10.1 Å². The highest BCUT2D eigenvalue weighted by Crippen LogP contribution is 2.24. The fourth-order valence-electron chi connectivity index (χ4n) is 3.26. The van der Waals surface area contributed by atoms with Gasteiger partial charge >= 0.3 is 0 Å². The molecule has 1 atom stereocenters. The van der Waals surface area contributed by atoms with Gasteiger partial charge in [-0.1, -0.05) is 32.0 Å². The summed E-state index contributed by atoms with van der Waals surface area (Å²) in [7, 11) is 0. The zero-order chi connectivity index (χ0) is 18.4. The van der Waals surface area contributed by atoms with Gasteiger partial charge in [-0.05, 0) is 61.1 Å². The molecule has 1 amide bonds. The molecule has 0 saturated carbocycles. The van der Waals surface area contributed by atoms with Crippen molar-refractivity contribution in [1.82, 2.24) is 0 Å². The number of nitrogens with one attached hydrogen (secondary N) is 1. The summed E-state index contributed by atoms with van der Waals surface area (Å²) in [5.41, 5.74) is 3.90. The Kier molecular flexibility index (Phi) is 6.29. The van der Waals surface area contributed by atoms with E-state index in [2.05, 4.69) is 31.3 Å². The van der Waals surface area contributed by atoms with Crippen molar-refractivity contribution < 1.29 is 14.3 Å². The molecule has 1 aliphatic rings. The first-order chi connectivity index (χ1) is 12.7. The second-order valence-electron chi connectivity index (χ2n) is 6.58.